The van der Waals surface area contributed by atoms with Crippen LogP contribution in [0.3, 0.4) is 0 Å². The highest BCUT2D eigenvalue weighted by atomic mass is 16.3. The first kappa shape index (κ1) is 21.8. The number of hydrogen-bond acceptors (Lipinski definition) is 3. The summed E-state index contributed by atoms with van der Waals surface area (Å²) in [6.07, 6.45) is 4.94. The lowest BCUT2D eigenvalue weighted by atomic mass is 9.77. The summed E-state index contributed by atoms with van der Waals surface area (Å²) in [5.41, 5.74) is 3.26. The van der Waals surface area contributed by atoms with Crippen molar-refractivity contribution in [1.82, 2.24) is 14.8 Å². The summed E-state index contributed by atoms with van der Waals surface area (Å²) >= 11 is 0. The van der Waals surface area contributed by atoms with Crippen LogP contribution in [-0.4, -0.2) is 32.9 Å². The first-order valence-corrected chi connectivity index (χ1v) is 12.0. The Hall–Kier alpha value is -3.02. The highest BCUT2D eigenvalue weighted by Gasteiger charge is 2.48. The predicted molar refractivity (Wildman–Crippen MR) is 128 cm³/mol. The fraction of sp³-hybridized carbons (Fsp3) is 0.481. The summed E-state index contributed by atoms with van der Waals surface area (Å²) in [7, 11) is 0. The number of amides is 2. The van der Waals surface area contributed by atoms with Crippen LogP contribution in [0.1, 0.15) is 61.6 Å². The quantitative estimate of drug-likeness (QED) is 0.619. The van der Waals surface area contributed by atoms with Gasteiger partial charge in [0.1, 0.15) is 11.2 Å². The maximum atomic E-state index is 13.9. The fourth-order valence-corrected chi connectivity index (χ4v) is 5.51. The Morgan fingerprint density at radius 3 is 2.70 bits per heavy atom. The van der Waals surface area contributed by atoms with Gasteiger partial charge in [-0.15, -0.1) is 0 Å². The van der Waals surface area contributed by atoms with Crippen molar-refractivity contribution in [1.29, 1.82) is 0 Å². The lowest BCUT2D eigenvalue weighted by molar-refractivity contribution is -0.134. The van der Waals surface area contributed by atoms with Crippen molar-refractivity contribution < 1.29 is 14.0 Å². The smallest absolute Gasteiger partial charge is 0.271 e. The molecule has 0 bridgehead atoms. The van der Waals surface area contributed by atoms with Crippen molar-refractivity contribution in [3.8, 4) is 0 Å². The van der Waals surface area contributed by atoms with Gasteiger partial charge in [-0.2, -0.15) is 0 Å². The Morgan fingerprint density at radius 2 is 1.94 bits per heavy atom. The topological polar surface area (TPSA) is 67.5 Å². The molecule has 3 aromatic rings. The van der Waals surface area contributed by atoms with Gasteiger partial charge in [-0.25, -0.2) is 0 Å². The number of nitrogens with zero attached hydrogens (tertiary/aromatic N) is 2. The summed E-state index contributed by atoms with van der Waals surface area (Å²) in [5, 5.41) is 3.35. The van der Waals surface area contributed by atoms with E-state index in [-0.39, 0.29) is 17.9 Å². The van der Waals surface area contributed by atoms with E-state index in [9.17, 15) is 9.59 Å². The van der Waals surface area contributed by atoms with Gasteiger partial charge in [-0.3, -0.25) is 9.59 Å². The number of carbonyl (C=O) groups is 2. The lowest BCUT2D eigenvalue weighted by Gasteiger charge is -2.45. The Labute approximate surface area is 194 Å². The van der Waals surface area contributed by atoms with Gasteiger partial charge in [0.2, 0.25) is 5.91 Å². The van der Waals surface area contributed by atoms with Crippen LogP contribution in [0.2, 0.25) is 0 Å². The van der Waals surface area contributed by atoms with E-state index >= 15 is 0 Å². The third-order valence-electron chi connectivity index (χ3n) is 8.02. The number of nitrogens with one attached hydrogen (secondary N) is 1. The molecule has 0 unspecified atom stereocenters. The third-order valence-corrected chi connectivity index (χ3v) is 8.02. The van der Waals surface area contributed by atoms with Crippen LogP contribution in [0.15, 0.2) is 47.1 Å². The van der Waals surface area contributed by atoms with Crippen LogP contribution in [0.5, 0.6) is 0 Å². The lowest BCUT2D eigenvalue weighted by Crippen LogP contribution is -2.65. The number of fused-ring (bicyclic) bond motifs is 3. The van der Waals surface area contributed by atoms with Crippen LogP contribution in [0, 0.1) is 18.8 Å². The number of carbonyl (C=O) groups excluding carboxylic acids is 2. The van der Waals surface area contributed by atoms with Gasteiger partial charge in [0.25, 0.3) is 5.91 Å². The normalized spacial score (nSPS) is 27.6. The second-order valence-electron chi connectivity index (χ2n) is 10.3. The van der Waals surface area contributed by atoms with E-state index in [0.717, 1.165) is 23.9 Å². The average Bonchev–Trinajstić information content (AvgIpc) is 3.38. The maximum absolute atomic E-state index is 13.9. The Balaban J connectivity index is 1.52. The maximum Gasteiger partial charge on any atom is 0.271 e. The molecule has 2 aliphatic rings. The van der Waals surface area contributed by atoms with Crippen molar-refractivity contribution in [3.63, 3.8) is 0 Å². The monoisotopic (exact) mass is 447 g/mol. The van der Waals surface area contributed by atoms with Crippen LogP contribution in [0.25, 0.3) is 11.1 Å². The Bertz CT molecular complexity index is 1190. The van der Waals surface area contributed by atoms with Gasteiger partial charge in [-0.05, 0) is 37.7 Å². The largest absolute Gasteiger partial charge is 0.463 e. The summed E-state index contributed by atoms with van der Waals surface area (Å²) < 4.78 is 7.51. The second kappa shape index (κ2) is 8.08. The molecular formula is C27H33N3O3. The van der Waals surface area contributed by atoms with Crippen LogP contribution < -0.4 is 5.32 Å². The van der Waals surface area contributed by atoms with E-state index < -0.39 is 5.54 Å². The van der Waals surface area contributed by atoms with Gasteiger partial charge in [0.15, 0.2) is 5.58 Å². The molecule has 33 heavy (non-hydrogen) atoms. The van der Waals surface area contributed by atoms with Crippen molar-refractivity contribution in [2.24, 2.45) is 11.8 Å². The molecular weight excluding hydrogens is 414 g/mol. The fourth-order valence-electron chi connectivity index (χ4n) is 5.51. The molecule has 5 rings (SSSR count). The summed E-state index contributed by atoms with van der Waals surface area (Å²) in [6, 6.07) is 11.9. The molecule has 1 saturated carbocycles. The van der Waals surface area contributed by atoms with E-state index in [0.29, 0.717) is 36.2 Å². The molecule has 1 N–H and O–H groups in total. The summed E-state index contributed by atoms with van der Waals surface area (Å²) in [6.45, 7) is 9.21. The minimum Gasteiger partial charge on any atom is -0.463 e. The second-order valence-corrected chi connectivity index (χ2v) is 10.3. The zero-order chi connectivity index (χ0) is 23.3. The van der Waals surface area contributed by atoms with E-state index in [1.807, 2.05) is 48.7 Å². The molecule has 1 aliphatic heterocycles. The molecule has 0 radical (unpaired) electrons. The van der Waals surface area contributed by atoms with Gasteiger partial charge < -0.3 is 19.2 Å². The van der Waals surface area contributed by atoms with Crippen LogP contribution in [-0.2, 0) is 17.9 Å². The number of aromatic nitrogens is 1. The number of hydrogen-bond donors (Lipinski definition) is 1. The molecule has 1 fully saturated rings. The SMILES string of the molecule is Cc1ccc(CN2C(=O)c3cc4occc4n3C[C@]2(C)C(=O)N[C@@H]2CCC[C@@H](C)[C@@H]2C)cc1. The first-order valence-electron chi connectivity index (χ1n) is 12.0. The minimum atomic E-state index is -1.02. The van der Waals surface area contributed by atoms with E-state index in [2.05, 4.69) is 19.2 Å². The zero-order valence-electron chi connectivity index (χ0n) is 19.9. The molecule has 0 spiro atoms. The third kappa shape index (κ3) is 3.65. The number of aryl methyl sites for hydroxylation is 1. The van der Waals surface area contributed by atoms with Crippen molar-refractivity contribution in [2.45, 2.75) is 71.6 Å². The van der Waals surface area contributed by atoms with Gasteiger partial charge in [0, 0.05) is 24.7 Å². The molecule has 0 saturated heterocycles. The van der Waals surface area contributed by atoms with E-state index in [4.69, 9.17) is 4.42 Å². The molecule has 3 heterocycles. The first-order chi connectivity index (χ1) is 15.8. The molecule has 1 aliphatic carbocycles. The molecule has 1 aromatic carbocycles. The number of furan rings is 1. The van der Waals surface area contributed by atoms with E-state index in [1.165, 1.54) is 12.0 Å². The molecule has 2 amide bonds. The molecule has 174 valence electrons. The highest BCUT2D eigenvalue weighted by Crippen LogP contribution is 2.35. The molecule has 4 atom stereocenters. The Kier molecular flexibility index (Phi) is 5.34. The van der Waals surface area contributed by atoms with Gasteiger partial charge in [0.05, 0.1) is 18.3 Å². The standard InChI is InChI=1S/C27H33N3O3/c1-17-8-10-20(11-9-17)15-30-25(31)23-14-24-22(12-13-33-24)29(23)16-27(30,4)26(32)28-21-7-5-6-18(2)19(21)3/h8-14,18-19,21H,5-7,15-16H2,1-4H3,(H,28,32)/t18-,19+,21-,27-/m1/s1. The average molecular weight is 448 g/mol. The van der Waals surface area contributed by atoms with E-state index in [1.54, 1.807) is 17.2 Å². The molecule has 2 aromatic heterocycles. The number of benzene rings is 1. The molecule has 6 nitrogen and oxygen atoms in total. The van der Waals surface area contributed by atoms with Gasteiger partial charge in [-0.1, -0.05) is 56.5 Å². The van der Waals surface area contributed by atoms with Crippen LogP contribution in [0.4, 0.5) is 0 Å². The zero-order valence-corrected chi connectivity index (χ0v) is 19.9. The summed E-state index contributed by atoms with van der Waals surface area (Å²) in [4.78, 5) is 29.4. The predicted octanol–water partition coefficient (Wildman–Crippen LogP) is 4.90. The highest BCUT2D eigenvalue weighted by molar-refractivity contribution is 6.02. The number of rotatable bonds is 4. The minimum absolute atomic E-state index is 0.0788. The summed E-state index contributed by atoms with van der Waals surface area (Å²) in [5.74, 6) is 0.773. The molecule has 6 heteroatoms. The van der Waals surface area contributed by atoms with Gasteiger partial charge >= 0.3 is 0 Å². The van der Waals surface area contributed by atoms with Crippen molar-refractivity contribution in [3.05, 3.63) is 59.5 Å². The van der Waals surface area contributed by atoms with Crippen molar-refractivity contribution in [2.75, 3.05) is 0 Å². The Morgan fingerprint density at radius 1 is 1.18 bits per heavy atom. The van der Waals surface area contributed by atoms with Crippen molar-refractivity contribution >= 4 is 22.9 Å². The van der Waals surface area contributed by atoms with Crippen LogP contribution >= 0.6 is 0 Å².